The first-order valence-corrected chi connectivity index (χ1v) is 8.38. The minimum absolute atomic E-state index is 0.230. The van der Waals surface area contributed by atoms with Crippen LogP contribution in [0, 0.1) is 17.4 Å². The van der Waals surface area contributed by atoms with Gasteiger partial charge in [-0.1, -0.05) is 0 Å². The van der Waals surface area contributed by atoms with Gasteiger partial charge < -0.3 is 9.47 Å². The molecule has 0 heterocycles. The molecule has 1 aromatic rings. The predicted molar refractivity (Wildman–Crippen MR) is 86.5 cm³/mol. The number of hydrogen-bond donors (Lipinski definition) is 0. The summed E-state index contributed by atoms with van der Waals surface area (Å²) in [5.74, 6) is -3.83. The molecular weight excluding hydrogens is 466 g/mol. The van der Waals surface area contributed by atoms with Crippen molar-refractivity contribution in [3.8, 4) is 11.9 Å². The first kappa shape index (κ1) is 23.4. The van der Waals surface area contributed by atoms with Crippen LogP contribution in [0.15, 0.2) is 34.5 Å². The molecule has 14 heteroatoms. The Balaban J connectivity index is 2.27. The second-order valence-corrected chi connectivity index (χ2v) is 6.54. The quantitative estimate of drug-likeness (QED) is 0.396. The van der Waals surface area contributed by atoms with Crippen molar-refractivity contribution < 1.29 is 53.4 Å². The maximum absolute atomic E-state index is 13.4. The average Bonchev–Trinajstić information content (AvgIpc) is 2.89. The molecule has 0 saturated heterocycles. The highest BCUT2D eigenvalue weighted by molar-refractivity contribution is 6.18. The van der Waals surface area contributed by atoms with E-state index in [0.717, 1.165) is 0 Å². The SMILES string of the molecule is N#CN=C1c2cc(C(F)(F)F)c(OC(F)(F)F)cc2C2=CC(OC(F)(F)F)=C(CF)CC21. The molecule has 0 bridgehead atoms. The molecule has 1 unspecified atom stereocenters. The van der Waals surface area contributed by atoms with Crippen molar-refractivity contribution in [2.45, 2.75) is 25.3 Å². The summed E-state index contributed by atoms with van der Waals surface area (Å²) in [7, 11) is 0. The van der Waals surface area contributed by atoms with Crippen LogP contribution in [-0.4, -0.2) is 25.1 Å². The van der Waals surface area contributed by atoms with Crippen LogP contribution in [0.3, 0.4) is 0 Å². The third kappa shape index (κ3) is 4.66. The highest BCUT2D eigenvalue weighted by Crippen LogP contribution is 2.50. The summed E-state index contributed by atoms with van der Waals surface area (Å²) in [5, 5.41) is 8.89. The molecule has 0 amide bonds. The van der Waals surface area contributed by atoms with Gasteiger partial charge in [-0.3, -0.25) is 0 Å². The molecule has 0 N–H and O–H groups in total. The van der Waals surface area contributed by atoms with Gasteiger partial charge in [0.2, 0.25) is 6.19 Å². The Morgan fingerprint density at radius 3 is 2.09 bits per heavy atom. The lowest BCUT2D eigenvalue weighted by molar-refractivity contribution is -0.304. The van der Waals surface area contributed by atoms with Crippen molar-refractivity contribution in [2.24, 2.45) is 10.9 Å². The van der Waals surface area contributed by atoms with Gasteiger partial charge in [0.05, 0.1) is 11.3 Å². The normalized spacial score (nSPS) is 20.0. The van der Waals surface area contributed by atoms with E-state index in [1.807, 2.05) is 0 Å². The first-order valence-electron chi connectivity index (χ1n) is 8.38. The highest BCUT2D eigenvalue weighted by Gasteiger charge is 2.45. The van der Waals surface area contributed by atoms with Crippen molar-refractivity contribution >= 4 is 11.3 Å². The lowest BCUT2D eigenvalue weighted by atomic mass is 9.86. The highest BCUT2D eigenvalue weighted by atomic mass is 19.4. The Bertz CT molecular complexity index is 1070. The van der Waals surface area contributed by atoms with Crippen LogP contribution < -0.4 is 4.74 Å². The lowest BCUT2D eigenvalue weighted by Crippen LogP contribution is -2.20. The van der Waals surface area contributed by atoms with E-state index in [2.05, 4.69) is 14.5 Å². The van der Waals surface area contributed by atoms with Crippen LogP contribution in [0.5, 0.6) is 5.75 Å². The summed E-state index contributed by atoms with van der Waals surface area (Å²) in [5.41, 5.74) is -3.80. The Hall–Kier alpha value is -3.24. The fourth-order valence-corrected chi connectivity index (χ4v) is 3.50. The monoisotopic (exact) mass is 474 g/mol. The van der Waals surface area contributed by atoms with E-state index in [9.17, 15) is 43.9 Å². The van der Waals surface area contributed by atoms with Crippen molar-refractivity contribution in [3.05, 3.63) is 46.2 Å². The zero-order valence-electron chi connectivity index (χ0n) is 15.2. The second kappa shape index (κ2) is 7.72. The van der Waals surface area contributed by atoms with Crippen LogP contribution in [0.4, 0.5) is 43.9 Å². The largest absolute Gasteiger partial charge is 0.573 e. The molecule has 172 valence electrons. The summed E-state index contributed by atoms with van der Waals surface area (Å²) in [6.45, 7) is -1.42. The maximum atomic E-state index is 13.4. The third-order valence-corrected chi connectivity index (χ3v) is 4.59. The van der Waals surface area contributed by atoms with Crippen LogP contribution in [0.1, 0.15) is 23.1 Å². The number of allylic oxidation sites excluding steroid dienone is 3. The molecule has 1 atom stereocenters. The number of rotatable bonds is 3. The number of alkyl halides is 10. The summed E-state index contributed by atoms with van der Waals surface area (Å²) >= 11 is 0. The van der Waals surface area contributed by atoms with Gasteiger partial charge in [0, 0.05) is 17.1 Å². The van der Waals surface area contributed by atoms with E-state index < -0.39 is 71.7 Å². The Kier molecular flexibility index (Phi) is 5.65. The Morgan fingerprint density at radius 1 is 0.969 bits per heavy atom. The number of benzene rings is 1. The summed E-state index contributed by atoms with van der Waals surface area (Å²) < 4.78 is 137. The Labute approximate surface area is 172 Å². The molecule has 0 aliphatic heterocycles. The van der Waals surface area contributed by atoms with Crippen molar-refractivity contribution in [3.63, 3.8) is 0 Å². The van der Waals surface area contributed by atoms with Crippen molar-refractivity contribution in [2.75, 3.05) is 6.67 Å². The topological polar surface area (TPSA) is 54.6 Å². The van der Waals surface area contributed by atoms with Crippen LogP contribution >= 0.6 is 0 Å². The molecule has 2 aliphatic carbocycles. The second-order valence-electron chi connectivity index (χ2n) is 6.54. The molecule has 32 heavy (non-hydrogen) atoms. The van der Waals surface area contributed by atoms with E-state index in [1.165, 1.54) is 6.19 Å². The zero-order chi connectivity index (χ0) is 24.1. The number of fused-ring (bicyclic) bond motifs is 3. The van der Waals surface area contributed by atoms with Crippen LogP contribution in [0.2, 0.25) is 0 Å². The van der Waals surface area contributed by atoms with Gasteiger partial charge in [-0.05, 0) is 35.8 Å². The number of hydrogen-bond acceptors (Lipinski definition) is 4. The lowest BCUT2D eigenvalue weighted by Gasteiger charge is -2.23. The number of aliphatic imine (C=N–C) groups is 1. The number of halogens is 10. The van der Waals surface area contributed by atoms with Gasteiger partial charge in [0.25, 0.3) is 0 Å². The van der Waals surface area contributed by atoms with Gasteiger partial charge >= 0.3 is 18.9 Å². The molecule has 1 aromatic carbocycles. The number of nitriles is 1. The summed E-state index contributed by atoms with van der Waals surface area (Å²) in [4.78, 5) is 3.39. The van der Waals surface area contributed by atoms with E-state index in [1.54, 1.807) is 0 Å². The van der Waals surface area contributed by atoms with Crippen molar-refractivity contribution in [1.29, 1.82) is 5.26 Å². The third-order valence-electron chi connectivity index (χ3n) is 4.59. The number of ether oxygens (including phenoxy) is 2. The standard InChI is InChI=1S/C18H8F10N2O2/c19-5-7-1-10-8(3-13(7)31-17(23,24)25)9-4-14(32-18(26,27)28)12(16(20,21)22)2-11(9)15(10)30-6-29/h2-4,10H,1,5H2. The molecule has 0 spiro atoms. The molecule has 0 aromatic heterocycles. The minimum atomic E-state index is -5.51. The molecular formula is C18H8F10N2O2. The van der Waals surface area contributed by atoms with Crippen LogP contribution in [0.25, 0.3) is 5.57 Å². The van der Waals surface area contributed by atoms with E-state index >= 15 is 0 Å². The molecule has 0 radical (unpaired) electrons. The van der Waals surface area contributed by atoms with Gasteiger partial charge in [-0.2, -0.15) is 23.4 Å². The molecule has 0 fully saturated rings. The Morgan fingerprint density at radius 2 is 1.59 bits per heavy atom. The van der Waals surface area contributed by atoms with Gasteiger partial charge in [0.15, 0.2) is 0 Å². The summed E-state index contributed by atoms with van der Waals surface area (Å²) in [6, 6.07) is 0.598. The maximum Gasteiger partial charge on any atom is 0.573 e. The first-order chi connectivity index (χ1) is 14.6. The average molecular weight is 474 g/mol. The van der Waals surface area contributed by atoms with Crippen molar-refractivity contribution in [1.82, 2.24) is 0 Å². The van der Waals surface area contributed by atoms with E-state index in [-0.39, 0.29) is 17.4 Å². The molecule has 4 nitrogen and oxygen atoms in total. The smallest absolute Gasteiger partial charge is 0.406 e. The summed E-state index contributed by atoms with van der Waals surface area (Å²) in [6.07, 6.45) is -14.6. The van der Waals surface area contributed by atoms with Crippen LogP contribution in [-0.2, 0) is 10.9 Å². The fraction of sp³-hybridized carbons (Fsp3) is 0.333. The fourth-order valence-electron chi connectivity index (χ4n) is 3.50. The van der Waals surface area contributed by atoms with Gasteiger partial charge in [-0.15, -0.1) is 26.3 Å². The van der Waals surface area contributed by atoms with E-state index in [0.29, 0.717) is 12.1 Å². The van der Waals surface area contributed by atoms with Gasteiger partial charge in [0.1, 0.15) is 18.2 Å². The molecule has 3 rings (SSSR count). The van der Waals surface area contributed by atoms with Gasteiger partial charge in [-0.25, -0.2) is 4.39 Å². The minimum Gasteiger partial charge on any atom is -0.406 e. The zero-order valence-corrected chi connectivity index (χ0v) is 15.2. The van der Waals surface area contributed by atoms with E-state index in [4.69, 9.17) is 5.26 Å². The molecule has 0 saturated carbocycles. The molecule has 2 aliphatic rings. The number of nitrogens with zero attached hydrogens (tertiary/aromatic N) is 2. The predicted octanol–water partition coefficient (Wildman–Crippen LogP) is 6.05.